The molecule has 0 spiro atoms. The summed E-state index contributed by atoms with van der Waals surface area (Å²) in [6.07, 6.45) is 1.53. The lowest BCUT2D eigenvalue weighted by atomic mass is 10.2. The number of hydrogen-bond donors (Lipinski definition) is 1. The lowest BCUT2D eigenvalue weighted by Gasteiger charge is -2.21. The summed E-state index contributed by atoms with van der Waals surface area (Å²) >= 11 is 3.30. The molecule has 2 aromatic rings. The van der Waals surface area contributed by atoms with Crippen LogP contribution in [-0.2, 0) is 16.6 Å². The maximum atomic E-state index is 12.8. The highest BCUT2D eigenvalue weighted by Crippen LogP contribution is 2.29. The predicted octanol–water partition coefficient (Wildman–Crippen LogP) is 3.14. The first-order valence-corrected chi connectivity index (χ1v) is 8.67. The highest BCUT2D eigenvalue weighted by atomic mass is 79.9. The Hall–Kier alpha value is -1.31. The van der Waals surface area contributed by atoms with Crippen LogP contribution in [0, 0.1) is 6.92 Å². The first-order chi connectivity index (χ1) is 9.86. The lowest BCUT2D eigenvalue weighted by Crippen LogP contribution is -2.30. The maximum Gasteiger partial charge on any atom is 0.243 e. The number of sulfonamides is 1. The minimum atomic E-state index is -3.62. The van der Waals surface area contributed by atoms with Gasteiger partial charge in [0.05, 0.1) is 17.7 Å². The molecule has 0 fully saturated rings. The second-order valence-corrected chi connectivity index (χ2v) is 7.41. The van der Waals surface area contributed by atoms with Crippen LogP contribution in [0.1, 0.15) is 18.2 Å². The van der Waals surface area contributed by atoms with Crippen molar-refractivity contribution >= 4 is 31.6 Å². The van der Waals surface area contributed by atoms with Gasteiger partial charge < -0.3 is 10.2 Å². The summed E-state index contributed by atoms with van der Waals surface area (Å²) < 4.78 is 32.9. The van der Waals surface area contributed by atoms with E-state index in [4.69, 9.17) is 10.2 Å². The minimum absolute atomic E-state index is 0.196. The fourth-order valence-corrected chi connectivity index (χ4v) is 4.14. The highest BCUT2D eigenvalue weighted by Gasteiger charge is 2.26. The Balaban J connectivity index is 2.42. The third-order valence-electron chi connectivity index (χ3n) is 3.18. The molecule has 1 heterocycles. The number of nitrogen functional groups attached to an aromatic ring is 1. The fourth-order valence-electron chi connectivity index (χ4n) is 2.03. The summed E-state index contributed by atoms with van der Waals surface area (Å²) in [5.74, 6) is 0.600. The minimum Gasteiger partial charge on any atom is -0.468 e. The number of rotatable bonds is 5. The number of hydrogen-bond acceptors (Lipinski definition) is 4. The largest absolute Gasteiger partial charge is 0.468 e. The Bertz CT molecular complexity index is 727. The Kier molecular flexibility index (Phi) is 4.75. The van der Waals surface area contributed by atoms with E-state index in [1.54, 1.807) is 32.0 Å². The van der Waals surface area contributed by atoms with Crippen LogP contribution in [0.4, 0.5) is 5.69 Å². The molecule has 0 aliphatic rings. The molecule has 21 heavy (non-hydrogen) atoms. The topological polar surface area (TPSA) is 76.5 Å². The Morgan fingerprint density at radius 1 is 1.38 bits per heavy atom. The molecule has 2 N–H and O–H groups in total. The molecule has 0 saturated heterocycles. The second-order valence-electron chi connectivity index (χ2n) is 4.65. The van der Waals surface area contributed by atoms with Crippen LogP contribution in [0.2, 0.25) is 0 Å². The first-order valence-electron chi connectivity index (χ1n) is 6.44. The smallest absolute Gasteiger partial charge is 0.243 e. The van der Waals surface area contributed by atoms with Gasteiger partial charge in [-0.05, 0) is 52.7 Å². The maximum absolute atomic E-state index is 12.8. The van der Waals surface area contributed by atoms with Crippen molar-refractivity contribution in [3.8, 4) is 0 Å². The van der Waals surface area contributed by atoms with Crippen molar-refractivity contribution in [1.82, 2.24) is 4.31 Å². The van der Waals surface area contributed by atoms with E-state index in [2.05, 4.69) is 15.9 Å². The number of nitrogens with zero attached hydrogens (tertiary/aromatic N) is 1. The molecular formula is C14H17BrN2O3S. The zero-order valence-corrected chi connectivity index (χ0v) is 14.2. The average molecular weight is 373 g/mol. The molecule has 0 amide bonds. The van der Waals surface area contributed by atoms with Gasteiger partial charge in [-0.3, -0.25) is 0 Å². The molecule has 0 atom stereocenters. The molecule has 0 aliphatic heterocycles. The molecule has 0 radical (unpaired) electrons. The van der Waals surface area contributed by atoms with Gasteiger partial charge in [0, 0.05) is 16.7 Å². The van der Waals surface area contributed by atoms with Gasteiger partial charge in [-0.15, -0.1) is 0 Å². The molecule has 1 aromatic heterocycles. The fraction of sp³-hybridized carbons (Fsp3) is 0.286. The van der Waals surface area contributed by atoms with Crippen molar-refractivity contribution in [1.29, 1.82) is 0 Å². The Labute approximate surface area is 132 Å². The number of nitrogens with two attached hydrogens (primary N) is 1. The van der Waals surface area contributed by atoms with Crippen molar-refractivity contribution in [2.75, 3.05) is 12.3 Å². The van der Waals surface area contributed by atoms with Crippen LogP contribution in [0.3, 0.4) is 0 Å². The van der Waals surface area contributed by atoms with Gasteiger partial charge in [-0.25, -0.2) is 8.42 Å². The number of furan rings is 1. The van der Waals surface area contributed by atoms with Gasteiger partial charge in [-0.1, -0.05) is 6.92 Å². The summed E-state index contributed by atoms with van der Waals surface area (Å²) in [4.78, 5) is 0.219. The molecule has 0 saturated carbocycles. The van der Waals surface area contributed by atoms with E-state index in [9.17, 15) is 8.42 Å². The van der Waals surface area contributed by atoms with Crippen LogP contribution in [0.5, 0.6) is 0 Å². The SMILES string of the molecule is CCN(Cc1ccco1)S(=O)(=O)c1cc(N)c(Br)cc1C. The monoisotopic (exact) mass is 372 g/mol. The van der Waals surface area contributed by atoms with Crippen LogP contribution >= 0.6 is 15.9 Å². The van der Waals surface area contributed by atoms with Crippen molar-refractivity contribution in [3.63, 3.8) is 0 Å². The average Bonchev–Trinajstić information content (AvgIpc) is 2.92. The normalized spacial score (nSPS) is 12.0. The van der Waals surface area contributed by atoms with Crippen molar-refractivity contribution in [3.05, 3.63) is 46.3 Å². The number of aryl methyl sites for hydroxylation is 1. The molecule has 2 rings (SSSR count). The third kappa shape index (κ3) is 3.30. The second kappa shape index (κ2) is 6.21. The van der Waals surface area contributed by atoms with Gasteiger partial charge in [0.25, 0.3) is 0 Å². The third-order valence-corrected chi connectivity index (χ3v) is 5.93. The summed E-state index contributed by atoms with van der Waals surface area (Å²) in [5.41, 5.74) is 6.86. The van der Waals surface area contributed by atoms with Gasteiger partial charge in [0.2, 0.25) is 10.0 Å². The van der Waals surface area contributed by atoms with E-state index in [1.807, 2.05) is 0 Å². The zero-order chi connectivity index (χ0) is 15.6. The molecular weight excluding hydrogens is 356 g/mol. The quantitative estimate of drug-likeness (QED) is 0.817. The van der Waals surface area contributed by atoms with Crippen molar-refractivity contribution in [2.45, 2.75) is 25.3 Å². The first kappa shape index (κ1) is 16.1. The van der Waals surface area contributed by atoms with E-state index >= 15 is 0 Å². The summed E-state index contributed by atoms with van der Waals surface area (Å²) in [7, 11) is -3.62. The number of anilines is 1. The Morgan fingerprint density at radius 2 is 2.10 bits per heavy atom. The van der Waals surface area contributed by atoms with E-state index in [0.29, 0.717) is 28.0 Å². The molecule has 7 heteroatoms. The Morgan fingerprint density at radius 3 is 2.67 bits per heavy atom. The van der Waals surface area contributed by atoms with Gasteiger partial charge in [0.1, 0.15) is 5.76 Å². The standard InChI is InChI=1S/C14H17BrN2O3S/c1-3-17(9-11-5-4-6-20-11)21(18,19)14-8-13(16)12(15)7-10(14)2/h4-8H,3,9,16H2,1-2H3. The summed E-state index contributed by atoms with van der Waals surface area (Å²) in [5, 5.41) is 0. The van der Waals surface area contributed by atoms with Crippen LogP contribution in [-0.4, -0.2) is 19.3 Å². The van der Waals surface area contributed by atoms with Gasteiger partial charge in [0.15, 0.2) is 0 Å². The van der Waals surface area contributed by atoms with E-state index in [-0.39, 0.29) is 11.4 Å². The molecule has 0 aliphatic carbocycles. The van der Waals surface area contributed by atoms with Crippen LogP contribution in [0.25, 0.3) is 0 Å². The molecule has 5 nitrogen and oxygen atoms in total. The summed E-state index contributed by atoms with van der Waals surface area (Å²) in [6.45, 7) is 4.08. The molecule has 0 bridgehead atoms. The molecule has 0 unspecified atom stereocenters. The van der Waals surface area contributed by atoms with E-state index < -0.39 is 10.0 Å². The van der Waals surface area contributed by atoms with Crippen LogP contribution < -0.4 is 5.73 Å². The lowest BCUT2D eigenvalue weighted by molar-refractivity contribution is 0.375. The number of benzene rings is 1. The van der Waals surface area contributed by atoms with E-state index in [1.165, 1.54) is 16.6 Å². The van der Waals surface area contributed by atoms with Crippen molar-refractivity contribution in [2.24, 2.45) is 0 Å². The predicted molar refractivity (Wildman–Crippen MR) is 85.3 cm³/mol. The zero-order valence-electron chi connectivity index (χ0n) is 11.8. The molecule has 1 aromatic carbocycles. The number of halogens is 1. The van der Waals surface area contributed by atoms with E-state index in [0.717, 1.165) is 0 Å². The van der Waals surface area contributed by atoms with Gasteiger partial charge >= 0.3 is 0 Å². The van der Waals surface area contributed by atoms with Crippen LogP contribution in [0.15, 0.2) is 44.3 Å². The van der Waals surface area contributed by atoms with Gasteiger partial charge in [-0.2, -0.15) is 4.31 Å². The molecule has 114 valence electrons. The summed E-state index contributed by atoms with van der Waals surface area (Å²) in [6, 6.07) is 6.68. The highest BCUT2D eigenvalue weighted by molar-refractivity contribution is 9.10. The van der Waals surface area contributed by atoms with Crippen molar-refractivity contribution < 1.29 is 12.8 Å².